The number of sulfonamides is 1. The van der Waals surface area contributed by atoms with Crippen LogP contribution in [0.25, 0.3) is 11.4 Å². The number of benzene rings is 1. The average Bonchev–Trinajstić information content (AvgIpc) is 3.12. The van der Waals surface area contributed by atoms with E-state index in [-0.39, 0.29) is 17.4 Å². The number of aromatic nitrogens is 3. The van der Waals surface area contributed by atoms with Crippen molar-refractivity contribution in [2.45, 2.75) is 38.9 Å². The first kappa shape index (κ1) is 23.4. The molecule has 1 heterocycles. The molecule has 0 aliphatic heterocycles. The molecule has 2 aromatic rings. The number of carbonyl (C=O) groups is 1. The topological polar surface area (TPSA) is 97.2 Å². The normalized spacial score (nSPS) is 11.8. The minimum atomic E-state index is -3.18. The summed E-state index contributed by atoms with van der Waals surface area (Å²) < 4.78 is 26.7. The summed E-state index contributed by atoms with van der Waals surface area (Å²) in [6.45, 7) is 7.19. The first-order valence-corrected chi connectivity index (χ1v) is 12.2. The zero-order valence-corrected chi connectivity index (χ0v) is 19.0. The molecule has 0 bridgehead atoms. The van der Waals surface area contributed by atoms with Gasteiger partial charge in [0.2, 0.25) is 15.9 Å². The number of carbonyl (C=O) groups excluding carboxylic acids is 1. The molecule has 160 valence electrons. The van der Waals surface area contributed by atoms with E-state index < -0.39 is 10.0 Å². The number of thioether (sulfide) groups is 1. The number of nitrogens with zero attached hydrogens (tertiary/aromatic N) is 4. The molecule has 0 atom stereocenters. The monoisotopic (exact) mass is 439 g/mol. The van der Waals surface area contributed by atoms with Crippen molar-refractivity contribution in [2.75, 3.05) is 31.6 Å². The maximum absolute atomic E-state index is 12.1. The third kappa shape index (κ3) is 6.55. The minimum Gasteiger partial charge on any atom is -0.355 e. The number of hydrogen-bond donors (Lipinski definition) is 1. The van der Waals surface area contributed by atoms with E-state index in [1.165, 1.54) is 16.1 Å². The second kappa shape index (κ2) is 10.7. The molecule has 8 nitrogen and oxygen atoms in total. The summed E-state index contributed by atoms with van der Waals surface area (Å²) >= 11 is 1.34. The third-order valence-electron chi connectivity index (χ3n) is 4.45. The molecule has 1 N–H and O–H groups in total. The Hall–Kier alpha value is -1.91. The van der Waals surface area contributed by atoms with E-state index in [2.05, 4.69) is 21.6 Å². The molecule has 1 aromatic carbocycles. The smallest absolute Gasteiger partial charge is 0.230 e. The number of hydrogen-bond acceptors (Lipinski definition) is 6. The molecule has 0 spiro atoms. The second-order valence-electron chi connectivity index (χ2n) is 6.63. The predicted molar refractivity (Wildman–Crippen MR) is 116 cm³/mol. The Morgan fingerprint density at radius 2 is 2.03 bits per heavy atom. The van der Waals surface area contributed by atoms with Crippen LogP contribution in [0.4, 0.5) is 0 Å². The molecule has 0 unspecified atom stereocenters. The van der Waals surface area contributed by atoms with Crippen molar-refractivity contribution < 1.29 is 13.2 Å². The van der Waals surface area contributed by atoms with Gasteiger partial charge in [-0.2, -0.15) is 0 Å². The number of amides is 1. The minimum absolute atomic E-state index is 0.0785. The molecule has 0 saturated carbocycles. The highest BCUT2D eigenvalue weighted by atomic mass is 32.2. The summed E-state index contributed by atoms with van der Waals surface area (Å²) in [5, 5.41) is 12.1. The molecule has 1 amide bonds. The average molecular weight is 440 g/mol. The van der Waals surface area contributed by atoms with Crippen LogP contribution in [0, 0.1) is 6.92 Å². The van der Waals surface area contributed by atoms with Crippen molar-refractivity contribution in [1.82, 2.24) is 24.4 Å². The number of rotatable bonds is 11. The molecule has 2 rings (SSSR count). The molecule has 1 aromatic heterocycles. The maximum atomic E-state index is 12.1. The van der Waals surface area contributed by atoms with E-state index in [9.17, 15) is 13.2 Å². The molecule has 0 saturated heterocycles. The van der Waals surface area contributed by atoms with Crippen LogP contribution in [0.15, 0.2) is 29.4 Å². The van der Waals surface area contributed by atoms with Gasteiger partial charge in [-0.25, -0.2) is 12.7 Å². The maximum Gasteiger partial charge on any atom is 0.230 e. The quantitative estimate of drug-likeness (QED) is 0.426. The van der Waals surface area contributed by atoms with Gasteiger partial charge in [0.15, 0.2) is 11.0 Å². The lowest BCUT2D eigenvalue weighted by Gasteiger charge is -2.15. The highest BCUT2D eigenvalue weighted by Gasteiger charge is 2.16. The summed E-state index contributed by atoms with van der Waals surface area (Å²) in [6.07, 6.45) is 0.564. The second-order valence-corrected chi connectivity index (χ2v) is 9.94. The summed E-state index contributed by atoms with van der Waals surface area (Å²) in [5.74, 6) is 0.988. The first-order chi connectivity index (χ1) is 13.8. The van der Waals surface area contributed by atoms with Gasteiger partial charge < -0.3 is 9.88 Å². The van der Waals surface area contributed by atoms with Crippen LogP contribution >= 0.6 is 11.8 Å². The lowest BCUT2D eigenvalue weighted by molar-refractivity contribution is -0.118. The van der Waals surface area contributed by atoms with Gasteiger partial charge in [-0.15, -0.1) is 10.2 Å². The van der Waals surface area contributed by atoms with Gasteiger partial charge in [0.05, 0.1) is 11.5 Å². The summed E-state index contributed by atoms with van der Waals surface area (Å²) in [7, 11) is -1.62. The van der Waals surface area contributed by atoms with Gasteiger partial charge >= 0.3 is 0 Å². The van der Waals surface area contributed by atoms with Gasteiger partial charge in [-0.05, 0) is 33.3 Å². The van der Waals surface area contributed by atoms with E-state index in [0.29, 0.717) is 31.2 Å². The number of aryl methyl sites for hydroxylation is 1. The zero-order valence-electron chi connectivity index (χ0n) is 17.4. The van der Waals surface area contributed by atoms with Crippen LogP contribution in [0.3, 0.4) is 0 Å². The van der Waals surface area contributed by atoms with Crippen molar-refractivity contribution in [3.8, 4) is 11.4 Å². The third-order valence-corrected chi connectivity index (χ3v) is 7.28. The van der Waals surface area contributed by atoms with Crippen molar-refractivity contribution in [2.24, 2.45) is 0 Å². The lowest BCUT2D eigenvalue weighted by atomic mass is 10.1. The van der Waals surface area contributed by atoms with Crippen LogP contribution in [0.2, 0.25) is 0 Å². The van der Waals surface area contributed by atoms with Crippen LogP contribution in [0.1, 0.15) is 25.8 Å². The zero-order chi connectivity index (χ0) is 21.4. The molecule has 0 aliphatic rings. The van der Waals surface area contributed by atoms with Gasteiger partial charge in [0.1, 0.15) is 0 Å². The highest BCUT2D eigenvalue weighted by molar-refractivity contribution is 7.99. The van der Waals surface area contributed by atoms with E-state index >= 15 is 0 Å². The highest BCUT2D eigenvalue weighted by Crippen LogP contribution is 2.24. The summed E-state index contributed by atoms with van der Waals surface area (Å²) in [5.41, 5.74) is 2.15. The standard InChI is InChI=1S/C19H29N5O3S2/c1-5-24-18(16-10-7-9-15(3)13-16)21-22-19(24)28-14-17(25)20-11-8-12-23(4)29(26,27)6-2/h7,9-10,13H,5-6,8,11-12,14H2,1-4H3,(H,20,25). The summed E-state index contributed by atoms with van der Waals surface area (Å²) in [4.78, 5) is 12.1. The predicted octanol–water partition coefficient (Wildman–Crippen LogP) is 2.15. The fraction of sp³-hybridized carbons (Fsp3) is 0.526. The van der Waals surface area contributed by atoms with Crippen LogP contribution in [-0.2, 0) is 21.4 Å². The summed E-state index contributed by atoms with van der Waals surface area (Å²) in [6, 6.07) is 8.08. The molecule has 0 radical (unpaired) electrons. The fourth-order valence-electron chi connectivity index (χ4n) is 2.75. The van der Waals surface area contributed by atoms with Gasteiger partial charge in [0, 0.05) is 32.2 Å². The molecule has 29 heavy (non-hydrogen) atoms. The van der Waals surface area contributed by atoms with Gasteiger partial charge in [-0.3, -0.25) is 4.79 Å². The SMILES string of the molecule is CCn1c(SCC(=O)NCCCN(C)S(=O)(=O)CC)nnc1-c1cccc(C)c1. The van der Waals surface area contributed by atoms with Crippen LogP contribution < -0.4 is 5.32 Å². The molecule has 0 fully saturated rings. The molecule has 0 aliphatic carbocycles. The van der Waals surface area contributed by atoms with Gasteiger partial charge in [0.25, 0.3) is 0 Å². The van der Waals surface area contributed by atoms with Crippen LogP contribution in [-0.4, -0.2) is 65.0 Å². The Morgan fingerprint density at radius 1 is 1.28 bits per heavy atom. The van der Waals surface area contributed by atoms with Gasteiger partial charge in [-0.1, -0.05) is 35.5 Å². The Morgan fingerprint density at radius 3 is 2.69 bits per heavy atom. The van der Waals surface area contributed by atoms with Crippen molar-refractivity contribution in [3.63, 3.8) is 0 Å². The molecular weight excluding hydrogens is 410 g/mol. The van der Waals surface area contributed by atoms with E-state index in [1.807, 2.05) is 36.6 Å². The first-order valence-electron chi connectivity index (χ1n) is 9.62. The Balaban J connectivity index is 1.85. The Labute approximate surface area is 177 Å². The van der Waals surface area contributed by atoms with E-state index in [0.717, 1.165) is 17.0 Å². The Bertz CT molecular complexity index is 928. The fourth-order valence-corrected chi connectivity index (χ4v) is 4.43. The van der Waals surface area contributed by atoms with Crippen molar-refractivity contribution in [1.29, 1.82) is 0 Å². The Kier molecular flexibility index (Phi) is 8.66. The van der Waals surface area contributed by atoms with Crippen molar-refractivity contribution >= 4 is 27.7 Å². The van der Waals surface area contributed by atoms with E-state index in [1.54, 1.807) is 14.0 Å². The molecular formula is C19H29N5O3S2. The molecule has 10 heteroatoms. The van der Waals surface area contributed by atoms with E-state index in [4.69, 9.17) is 0 Å². The van der Waals surface area contributed by atoms with Crippen LogP contribution in [0.5, 0.6) is 0 Å². The van der Waals surface area contributed by atoms with Crippen molar-refractivity contribution in [3.05, 3.63) is 29.8 Å². The largest absolute Gasteiger partial charge is 0.355 e. The lowest BCUT2D eigenvalue weighted by Crippen LogP contribution is -2.32. The number of nitrogens with one attached hydrogen (secondary N) is 1.